The van der Waals surface area contributed by atoms with Crippen molar-refractivity contribution in [3.63, 3.8) is 0 Å². The molecule has 0 aliphatic carbocycles. The van der Waals surface area contributed by atoms with Crippen molar-refractivity contribution in [3.05, 3.63) is 48.0 Å². The van der Waals surface area contributed by atoms with Crippen molar-refractivity contribution in [3.8, 4) is 23.0 Å². The van der Waals surface area contributed by atoms with Gasteiger partial charge in [0.05, 0.1) is 31.0 Å². The first-order valence-electron chi connectivity index (χ1n) is 8.30. The van der Waals surface area contributed by atoms with Crippen LogP contribution >= 0.6 is 11.8 Å². The molecule has 0 fully saturated rings. The van der Waals surface area contributed by atoms with Crippen molar-refractivity contribution < 1.29 is 13.9 Å². The fraction of sp³-hybridized carbons (Fsp3) is 0.211. The maximum atomic E-state index is 5.89. The molecule has 138 valence electrons. The molecule has 0 aliphatic rings. The van der Waals surface area contributed by atoms with Crippen LogP contribution in [0.4, 0.5) is 0 Å². The summed E-state index contributed by atoms with van der Waals surface area (Å²) in [4.78, 5) is 16.6. The smallest absolute Gasteiger partial charge is 0.230 e. The molecule has 3 heterocycles. The van der Waals surface area contributed by atoms with Crippen LogP contribution in [0.15, 0.2) is 46.1 Å². The van der Waals surface area contributed by atoms with Crippen molar-refractivity contribution in [2.75, 3.05) is 14.2 Å². The number of oxazole rings is 1. The van der Waals surface area contributed by atoms with Crippen LogP contribution < -0.4 is 9.47 Å². The predicted molar refractivity (Wildman–Crippen MR) is 103 cm³/mol. The lowest BCUT2D eigenvalue weighted by atomic mass is 10.2. The van der Waals surface area contributed by atoms with Crippen molar-refractivity contribution >= 4 is 22.9 Å². The molecular weight excluding hydrogens is 364 g/mol. The molecule has 0 saturated carbocycles. The largest absolute Gasteiger partial charge is 0.493 e. The van der Waals surface area contributed by atoms with Gasteiger partial charge in [-0.3, -0.25) is 0 Å². The van der Waals surface area contributed by atoms with Gasteiger partial charge in [-0.1, -0.05) is 17.8 Å². The molecule has 1 N–H and O–H groups in total. The van der Waals surface area contributed by atoms with Gasteiger partial charge in [-0.15, -0.1) is 0 Å². The van der Waals surface area contributed by atoms with Gasteiger partial charge in [0, 0.05) is 11.9 Å². The SMILES string of the molecule is COc1cccc(-c2nc(CSc3nc4ncccc4[nH]3)c(C)o2)c1OC. The Bertz CT molecular complexity index is 1060. The second-order valence-electron chi connectivity index (χ2n) is 5.77. The van der Waals surface area contributed by atoms with Gasteiger partial charge in [-0.2, -0.15) is 0 Å². The Morgan fingerprint density at radius 2 is 2.00 bits per heavy atom. The maximum Gasteiger partial charge on any atom is 0.230 e. The number of nitrogens with zero attached hydrogens (tertiary/aromatic N) is 3. The van der Waals surface area contributed by atoms with Gasteiger partial charge in [0.1, 0.15) is 5.76 Å². The Kier molecular flexibility index (Phi) is 4.72. The molecule has 0 radical (unpaired) electrons. The number of aromatic amines is 1. The van der Waals surface area contributed by atoms with Crippen molar-refractivity contribution in [1.82, 2.24) is 19.9 Å². The number of para-hydroxylation sites is 1. The summed E-state index contributed by atoms with van der Waals surface area (Å²) in [6.07, 6.45) is 1.73. The molecule has 27 heavy (non-hydrogen) atoms. The van der Waals surface area contributed by atoms with Crippen LogP contribution in [0.1, 0.15) is 11.5 Å². The number of methoxy groups -OCH3 is 2. The van der Waals surface area contributed by atoms with Crippen LogP contribution in [0.5, 0.6) is 11.5 Å². The van der Waals surface area contributed by atoms with Gasteiger partial charge in [-0.05, 0) is 31.2 Å². The lowest BCUT2D eigenvalue weighted by Crippen LogP contribution is -1.93. The Balaban J connectivity index is 1.58. The summed E-state index contributed by atoms with van der Waals surface area (Å²) in [5.74, 6) is 3.13. The minimum absolute atomic E-state index is 0.505. The van der Waals surface area contributed by atoms with Crippen LogP contribution in [0, 0.1) is 6.92 Å². The van der Waals surface area contributed by atoms with Crippen LogP contribution in [0.25, 0.3) is 22.6 Å². The third-order valence-electron chi connectivity index (χ3n) is 4.11. The van der Waals surface area contributed by atoms with Crippen molar-refractivity contribution in [2.45, 2.75) is 17.8 Å². The molecule has 4 aromatic rings. The van der Waals surface area contributed by atoms with Gasteiger partial charge >= 0.3 is 0 Å². The number of pyridine rings is 1. The molecule has 0 aliphatic heterocycles. The summed E-state index contributed by atoms with van der Waals surface area (Å²) in [7, 11) is 3.20. The fourth-order valence-corrected chi connectivity index (χ4v) is 3.64. The number of thioether (sulfide) groups is 1. The van der Waals surface area contributed by atoms with Crippen LogP contribution in [0.3, 0.4) is 0 Å². The molecule has 0 bridgehead atoms. The lowest BCUT2D eigenvalue weighted by Gasteiger charge is -2.09. The van der Waals surface area contributed by atoms with Gasteiger partial charge in [0.15, 0.2) is 22.3 Å². The van der Waals surface area contributed by atoms with E-state index < -0.39 is 0 Å². The van der Waals surface area contributed by atoms with E-state index in [1.165, 1.54) is 0 Å². The molecular formula is C19H18N4O3S. The first kappa shape index (κ1) is 17.4. The quantitative estimate of drug-likeness (QED) is 0.499. The van der Waals surface area contributed by atoms with E-state index in [0.717, 1.165) is 27.7 Å². The Hall–Kier alpha value is -3.00. The summed E-state index contributed by atoms with van der Waals surface area (Å²) in [6, 6.07) is 9.45. The number of imidazole rings is 1. The Labute approximate surface area is 160 Å². The minimum Gasteiger partial charge on any atom is -0.493 e. The molecule has 0 saturated heterocycles. The summed E-state index contributed by atoms with van der Waals surface area (Å²) in [5, 5.41) is 0.798. The number of hydrogen-bond acceptors (Lipinski definition) is 7. The summed E-state index contributed by atoms with van der Waals surface area (Å²) < 4.78 is 16.7. The van der Waals surface area contributed by atoms with Crippen LogP contribution in [0.2, 0.25) is 0 Å². The van der Waals surface area contributed by atoms with Crippen LogP contribution in [-0.2, 0) is 5.75 Å². The highest BCUT2D eigenvalue weighted by Gasteiger charge is 2.18. The second-order valence-corrected chi connectivity index (χ2v) is 6.73. The van der Waals surface area contributed by atoms with E-state index in [2.05, 4.69) is 19.9 Å². The minimum atomic E-state index is 0.505. The molecule has 7 nitrogen and oxygen atoms in total. The van der Waals surface area contributed by atoms with E-state index in [1.807, 2.05) is 37.3 Å². The van der Waals surface area contributed by atoms with E-state index in [4.69, 9.17) is 13.9 Å². The molecule has 0 amide bonds. The average molecular weight is 382 g/mol. The summed E-state index contributed by atoms with van der Waals surface area (Å²) in [5.41, 5.74) is 3.23. The van der Waals surface area contributed by atoms with E-state index in [1.54, 1.807) is 32.2 Å². The average Bonchev–Trinajstić information content (AvgIpc) is 3.28. The van der Waals surface area contributed by atoms with Crippen molar-refractivity contribution in [1.29, 1.82) is 0 Å². The molecule has 4 rings (SSSR count). The first-order valence-corrected chi connectivity index (χ1v) is 9.29. The third-order valence-corrected chi connectivity index (χ3v) is 4.99. The highest BCUT2D eigenvalue weighted by atomic mass is 32.2. The number of rotatable bonds is 6. The highest BCUT2D eigenvalue weighted by molar-refractivity contribution is 7.98. The number of nitrogens with one attached hydrogen (secondary N) is 1. The normalized spacial score (nSPS) is 11.1. The molecule has 0 atom stereocenters. The number of hydrogen-bond donors (Lipinski definition) is 1. The number of fused-ring (bicyclic) bond motifs is 1. The van der Waals surface area contributed by atoms with E-state index in [-0.39, 0.29) is 0 Å². The van der Waals surface area contributed by atoms with Gasteiger partial charge in [0.2, 0.25) is 5.89 Å². The second kappa shape index (κ2) is 7.32. The number of aromatic nitrogens is 4. The predicted octanol–water partition coefficient (Wildman–Crippen LogP) is 4.23. The zero-order chi connectivity index (χ0) is 18.8. The molecule has 0 unspecified atom stereocenters. The van der Waals surface area contributed by atoms with E-state index in [9.17, 15) is 0 Å². The van der Waals surface area contributed by atoms with Gasteiger partial charge in [-0.25, -0.2) is 15.0 Å². The van der Waals surface area contributed by atoms with E-state index >= 15 is 0 Å². The van der Waals surface area contributed by atoms with Crippen molar-refractivity contribution in [2.24, 2.45) is 0 Å². The summed E-state index contributed by atoms with van der Waals surface area (Å²) >= 11 is 1.55. The summed E-state index contributed by atoms with van der Waals surface area (Å²) in [6.45, 7) is 1.90. The monoisotopic (exact) mass is 382 g/mol. The highest BCUT2D eigenvalue weighted by Crippen LogP contribution is 2.38. The van der Waals surface area contributed by atoms with Gasteiger partial charge < -0.3 is 18.9 Å². The van der Waals surface area contributed by atoms with Gasteiger partial charge in [0.25, 0.3) is 0 Å². The third kappa shape index (κ3) is 3.35. The van der Waals surface area contributed by atoms with Crippen LogP contribution in [-0.4, -0.2) is 34.2 Å². The molecule has 8 heteroatoms. The Morgan fingerprint density at radius 3 is 2.78 bits per heavy atom. The maximum absolute atomic E-state index is 5.89. The topological polar surface area (TPSA) is 86.1 Å². The first-order chi connectivity index (χ1) is 13.2. The lowest BCUT2D eigenvalue weighted by molar-refractivity contribution is 0.355. The molecule has 1 aromatic carbocycles. The number of aryl methyl sites for hydroxylation is 1. The number of H-pyrrole nitrogens is 1. The molecule has 0 spiro atoms. The van der Waals surface area contributed by atoms with E-state index in [0.29, 0.717) is 28.8 Å². The molecule has 3 aromatic heterocycles. The standard InChI is InChI=1S/C19H18N4O3S/c1-11-14(10-27-19-22-13-7-5-9-20-17(13)23-19)21-18(26-11)12-6-4-8-15(24-2)16(12)25-3/h4-9H,10H2,1-3H3,(H,20,22,23). The zero-order valence-electron chi connectivity index (χ0n) is 15.1. The zero-order valence-corrected chi connectivity index (χ0v) is 16.0. The number of benzene rings is 1. The fourth-order valence-electron chi connectivity index (χ4n) is 2.76. The Morgan fingerprint density at radius 1 is 1.11 bits per heavy atom. The number of ether oxygens (including phenoxy) is 2.